The number of anilines is 1. The molecule has 5 nitrogen and oxygen atoms in total. The van der Waals surface area contributed by atoms with E-state index in [1.807, 2.05) is 24.3 Å². The molecule has 0 spiro atoms. The van der Waals surface area contributed by atoms with Crippen LogP contribution in [0.4, 0.5) is 10.1 Å². The van der Waals surface area contributed by atoms with Gasteiger partial charge in [0.1, 0.15) is 0 Å². The normalized spacial score (nSPS) is 14.2. The molecule has 0 radical (unpaired) electrons. The van der Waals surface area contributed by atoms with Gasteiger partial charge in [0.15, 0.2) is 0 Å². The van der Waals surface area contributed by atoms with E-state index in [-0.39, 0.29) is 6.61 Å². The quantitative estimate of drug-likeness (QED) is 0.687. The Hall–Kier alpha value is -2.08. The predicted octanol–water partition coefficient (Wildman–Crippen LogP) is 1.17. The van der Waals surface area contributed by atoms with E-state index in [1.165, 1.54) is 17.5 Å². The smallest absolute Gasteiger partial charge is 0.210 e. The molecule has 0 saturated heterocycles. The monoisotopic (exact) mass is 236 g/mol. The summed E-state index contributed by atoms with van der Waals surface area (Å²) in [6.07, 6.45) is 3.09. The number of nitrogens with zero attached hydrogens (tertiary/aromatic N) is 2. The highest BCUT2D eigenvalue weighted by Gasteiger charge is 2.08. The van der Waals surface area contributed by atoms with Gasteiger partial charge in [0.05, 0.1) is 11.9 Å². The van der Waals surface area contributed by atoms with Gasteiger partial charge in [0.2, 0.25) is 5.95 Å². The molecule has 0 saturated carbocycles. The van der Waals surface area contributed by atoms with Crippen LogP contribution in [-0.2, 0) is 6.42 Å². The molecule has 90 valence electrons. The molecule has 0 unspecified atom stereocenters. The van der Waals surface area contributed by atoms with Crippen LogP contribution in [0.15, 0.2) is 41.4 Å². The van der Waals surface area contributed by atoms with Gasteiger partial charge in [-0.1, -0.05) is 18.2 Å². The molecule has 0 fully saturated rings. The van der Waals surface area contributed by atoms with Crippen molar-refractivity contribution in [1.29, 1.82) is 0 Å². The Labute approximate surface area is 98.2 Å². The second-order valence-corrected chi connectivity index (χ2v) is 3.45. The minimum absolute atomic E-state index is 0.0592. The summed E-state index contributed by atoms with van der Waals surface area (Å²) in [5, 5.41) is 14.0. The first kappa shape index (κ1) is 11.4. The highest BCUT2D eigenvalue weighted by atomic mass is 19.1. The fraction of sp³-hybridized carbons (Fsp3) is 0.182. The average molecular weight is 236 g/mol. The third kappa shape index (κ3) is 2.94. The zero-order chi connectivity index (χ0) is 12.1. The van der Waals surface area contributed by atoms with E-state index in [1.54, 1.807) is 0 Å². The first-order valence-electron chi connectivity index (χ1n) is 5.21. The molecular weight excluding hydrogens is 223 g/mol. The number of nitrogens with one attached hydrogen (secondary N) is 2. The van der Waals surface area contributed by atoms with E-state index < -0.39 is 5.95 Å². The summed E-state index contributed by atoms with van der Waals surface area (Å²) >= 11 is 0. The van der Waals surface area contributed by atoms with Crippen molar-refractivity contribution < 1.29 is 9.50 Å². The van der Waals surface area contributed by atoms with Crippen LogP contribution in [0.1, 0.15) is 5.56 Å². The second kappa shape index (κ2) is 5.31. The molecule has 0 aliphatic carbocycles. The fourth-order valence-corrected chi connectivity index (χ4v) is 1.47. The molecule has 1 aliphatic rings. The van der Waals surface area contributed by atoms with Crippen molar-refractivity contribution in [2.24, 2.45) is 5.10 Å². The Kier molecular flexibility index (Phi) is 3.56. The molecule has 1 heterocycles. The number of benzene rings is 1. The number of aliphatic hydroxyl groups is 1. The number of halogens is 1. The maximum atomic E-state index is 12.9. The minimum Gasteiger partial charge on any atom is -0.396 e. The molecule has 3 N–H and O–H groups in total. The van der Waals surface area contributed by atoms with Crippen molar-refractivity contribution in [2.45, 2.75) is 6.42 Å². The highest BCUT2D eigenvalue weighted by Crippen LogP contribution is 2.16. The van der Waals surface area contributed by atoms with Crippen LogP contribution < -0.4 is 10.9 Å². The van der Waals surface area contributed by atoms with Crippen molar-refractivity contribution in [2.75, 3.05) is 12.0 Å². The van der Waals surface area contributed by atoms with Crippen molar-refractivity contribution in [3.05, 3.63) is 41.9 Å². The Morgan fingerprint density at radius 3 is 3.00 bits per heavy atom. The van der Waals surface area contributed by atoms with E-state index in [4.69, 9.17) is 5.11 Å². The van der Waals surface area contributed by atoms with Gasteiger partial charge < -0.3 is 5.11 Å². The number of hydrazine groups is 2. The zero-order valence-electron chi connectivity index (χ0n) is 9.10. The number of hydrazone groups is 1. The van der Waals surface area contributed by atoms with Crippen molar-refractivity contribution >= 4 is 11.9 Å². The van der Waals surface area contributed by atoms with Gasteiger partial charge in [-0.05, 0) is 18.1 Å². The summed E-state index contributed by atoms with van der Waals surface area (Å²) in [6, 6.07) is 7.45. The molecule has 0 bridgehead atoms. The SMILES string of the molecule is OCCc1ccccc1NN1N=CC=C(F)N1. The van der Waals surface area contributed by atoms with Crippen LogP contribution in [0.5, 0.6) is 0 Å². The summed E-state index contributed by atoms with van der Waals surface area (Å²) in [4.78, 5) is 0. The number of rotatable bonds is 4. The Bertz CT molecular complexity index is 447. The minimum atomic E-state index is -0.493. The summed E-state index contributed by atoms with van der Waals surface area (Å²) in [7, 11) is 0. The molecule has 0 amide bonds. The second-order valence-electron chi connectivity index (χ2n) is 3.45. The lowest BCUT2D eigenvalue weighted by Gasteiger charge is -2.23. The average Bonchev–Trinajstić information content (AvgIpc) is 2.32. The van der Waals surface area contributed by atoms with Crippen LogP contribution in [0.25, 0.3) is 0 Å². The third-order valence-corrected chi connectivity index (χ3v) is 2.24. The lowest BCUT2D eigenvalue weighted by molar-refractivity contribution is 0.239. The van der Waals surface area contributed by atoms with E-state index in [2.05, 4.69) is 16.0 Å². The number of aliphatic hydroxyl groups excluding tert-OH is 1. The van der Waals surface area contributed by atoms with E-state index >= 15 is 0 Å². The molecule has 1 aromatic carbocycles. The van der Waals surface area contributed by atoms with Gasteiger partial charge in [-0.15, -0.1) is 10.3 Å². The maximum absolute atomic E-state index is 12.9. The lowest BCUT2D eigenvalue weighted by Crippen LogP contribution is -2.38. The third-order valence-electron chi connectivity index (χ3n) is 2.24. The number of para-hydroxylation sites is 1. The van der Waals surface area contributed by atoms with Gasteiger partial charge in [-0.2, -0.15) is 4.39 Å². The van der Waals surface area contributed by atoms with Crippen molar-refractivity contribution in [3.63, 3.8) is 0 Å². The Balaban J connectivity index is 2.08. The van der Waals surface area contributed by atoms with Crippen LogP contribution in [0.2, 0.25) is 0 Å². The van der Waals surface area contributed by atoms with Crippen molar-refractivity contribution in [1.82, 2.24) is 10.7 Å². The predicted molar refractivity (Wildman–Crippen MR) is 63.5 cm³/mol. The number of hydrogen-bond donors (Lipinski definition) is 3. The molecule has 0 aromatic heterocycles. The first-order valence-corrected chi connectivity index (χ1v) is 5.21. The zero-order valence-corrected chi connectivity index (χ0v) is 9.10. The number of allylic oxidation sites excluding steroid dienone is 1. The summed E-state index contributed by atoms with van der Waals surface area (Å²) < 4.78 is 12.9. The molecule has 17 heavy (non-hydrogen) atoms. The van der Waals surface area contributed by atoms with Gasteiger partial charge in [-0.25, -0.2) is 5.43 Å². The Morgan fingerprint density at radius 2 is 2.24 bits per heavy atom. The van der Waals surface area contributed by atoms with Gasteiger partial charge in [-0.3, -0.25) is 5.43 Å². The molecular formula is C11H13FN4O. The van der Waals surface area contributed by atoms with Gasteiger partial charge in [0.25, 0.3) is 0 Å². The van der Waals surface area contributed by atoms with E-state index in [0.29, 0.717) is 6.42 Å². The summed E-state index contributed by atoms with van der Waals surface area (Å²) in [5.74, 6) is -0.493. The first-order chi connectivity index (χ1) is 8.29. The summed E-state index contributed by atoms with van der Waals surface area (Å²) in [6.45, 7) is 0.0592. The fourth-order valence-electron chi connectivity index (χ4n) is 1.47. The van der Waals surface area contributed by atoms with Gasteiger partial charge >= 0.3 is 0 Å². The van der Waals surface area contributed by atoms with Crippen LogP contribution in [-0.4, -0.2) is 23.2 Å². The number of hydrogen-bond acceptors (Lipinski definition) is 5. The highest BCUT2D eigenvalue weighted by molar-refractivity contribution is 5.72. The lowest BCUT2D eigenvalue weighted by atomic mass is 10.1. The van der Waals surface area contributed by atoms with Crippen LogP contribution in [0, 0.1) is 0 Å². The van der Waals surface area contributed by atoms with Crippen molar-refractivity contribution in [3.8, 4) is 0 Å². The van der Waals surface area contributed by atoms with E-state index in [0.717, 1.165) is 11.3 Å². The molecule has 1 aliphatic heterocycles. The maximum Gasteiger partial charge on any atom is 0.210 e. The molecule has 2 rings (SSSR count). The topological polar surface area (TPSA) is 59.9 Å². The standard InChI is InChI=1S/C11H13FN4O/c12-11-5-7-13-16(15-11)14-10-4-2-1-3-9(10)6-8-17/h1-5,7,14-15,17H,6,8H2. The largest absolute Gasteiger partial charge is 0.396 e. The van der Waals surface area contributed by atoms with Gasteiger partial charge in [0, 0.05) is 12.7 Å². The summed E-state index contributed by atoms with van der Waals surface area (Å²) in [5.41, 5.74) is 6.98. The van der Waals surface area contributed by atoms with E-state index in [9.17, 15) is 4.39 Å². The molecule has 1 aromatic rings. The molecule has 6 heteroatoms. The molecule has 0 atom stereocenters. The van der Waals surface area contributed by atoms with Crippen LogP contribution >= 0.6 is 0 Å². The van der Waals surface area contributed by atoms with Crippen LogP contribution in [0.3, 0.4) is 0 Å². The Morgan fingerprint density at radius 1 is 1.41 bits per heavy atom.